The van der Waals surface area contributed by atoms with Crippen molar-refractivity contribution in [1.82, 2.24) is 4.31 Å². The number of piperidine rings is 1. The van der Waals surface area contributed by atoms with Crippen LogP contribution in [0.5, 0.6) is 0 Å². The molecule has 16 heavy (non-hydrogen) atoms. The van der Waals surface area contributed by atoms with E-state index in [2.05, 4.69) is 0 Å². The second-order valence-corrected chi connectivity index (χ2v) is 7.15. The summed E-state index contributed by atoms with van der Waals surface area (Å²) in [6, 6.07) is 0. The zero-order chi connectivity index (χ0) is 11.9. The summed E-state index contributed by atoms with van der Waals surface area (Å²) < 4.78 is 25.4. The zero-order valence-corrected chi connectivity index (χ0v) is 10.1. The molecule has 0 radical (unpaired) electrons. The minimum atomic E-state index is -3.22. The third kappa shape index (κ3) is 2.22. The quantitative estimate of drug-likeness (QED) is 0.789. The number of carboxylic acid groups (broad SMARTS) is 1. The van der Waals surface area contributed by atoms with E-state index < -0.39 is 21.9 Å². The minimum absolute atomic E-state index is 0.128. The Morgan fingerprint density at radius 1 is 1.31 bits per heavy atom. The van der Waals surface area contributed by atoms with Crippen LogP contribution in [0.15, 0.2) is 0 Å². The average molecular weight is 247 g/mol. The maximum Gasteiger partial charge on any atom is 0.307 e. The maximum atomic E-state index is 12.0. The Balaban J connectivity index is 2.12. The third-order valence-electron chi connectivity index (χ3n) is 3.28. The van der Waals surface area contributed by atoms with Crippen LogP contribution in [0.25, 0.3) is 0 Å². The number of carbonyl (C=O) groups is 1. The van der Waals surface area contributed by atoms with Crippen molar-refractivity contribution in [2.75, 3.05) is 13.1 Å². The first kappa shape index (κ1) is 11.9. The van der Waals surface area contributed by atoms with Gasteiger partial charge in [0, 0.05) is 13.1 Å². The largest absolute Gasteiger partial charge is 0.481 e. The Bertz CT molecular complexity index is 388. The fourth-order valence-electron chi connectivity index (χ4n) is 2.27. The number of rotatable bonds is 3. The number of sulfonamides is 1. The zero-order valence-electron chi connectivity index (χ0n) is 9.30. The molecule has 1 N–H and O–H groups in total. The van der Waals surface area contributed by atoms with Gasteiger partial charge in [-0.15, -0.1) is 0 Å². The van der Waals surface area contributed by atoms with Gasteiger partial charge in [0.1, 0.15) is 0 Å². The van der Waals surface area contributed by atoms with E-state index in [1.54, 1.807) is 0 Å². The summed E-state index contributed by atoms with van der Waals surface area (Å²) >= 11 is 0. The Morgan fingerprint density at radius 2 is 1.94 bits per heavy atom. The van der Waals surface area contributed by atoms with Crippen LogP contribution in [0.4, 0.5) is 0 Å². The molecule has 0 bridgehead atoms. The van der Waals surface area contributed by atoms with E-state index in [1.165, 1.54) is 4.31 Å². The van der Waals surface area contributed by atoms with E-state index >= 15 is 0 Å². The molecule has 0 amide bonds. The fraction of sp³-hybridized carbons (Fsp3) is 0.900. The van der Waals surface area contributed by atoms with Crippen molar-refractivity contribution in [3.05, 3.63) is 0 Å². The van der Waals surface area contributed by atoms with Gasteiger partial charge < -0.3 is 5.11 Å². The van der Waals surface area contributed by atoms with Gasteiger partial charge in [0.25, 0.3) is 0 Å². The van der Waals surface area contributed by atoms with E-state index in [9.17, 15) is 13.2 Å². The first-order valence-electron chi connectivity index (χ1n) is 5.63. The molecule has 5 nitrogen and oxygen atoms in total. The summed E-state index contributed by atoms with van der Waals surface area (Å²) in [7, 11) is -3.22. The predicted molar refractivity (Wildman–Crippen MR) is 58.4 cm³/mol. The summed E-state index contributed by atoms with van der Waals surface area (Å²) in [5.41, 5.74) is 0. The summed E-state index contributed by atoms with van der Waals surface area (Å²) in [6.45, 7) is 2.53. The van der Waals surface area contributed by atoms with E-state index in [0.29, 0.717) is 13.0 Å². The van der Waals surface area contributed by atoms with Crippen molar-refractivity contribution in [1.29, 1.82) is 0 Å². The second kappa shape index (κ2) is 4.00. The van der Waals surface area contributed by atoms with Crippen molar-refractivity contribution in [2.24, 2.45) is 11.8 Å². The Kier molecular flexibility index (Phi) is 2.96. The molecule has 2 rings (SSSR count). The Morgan fingerprint density at radius 3 is 2.44 bits per heavy atom. The van der Waals surface area contributed by atoms with Crippen LogP contribution in [-0.4, -0.2) is 42.1 Å². The molecule has 1 saturated heterocycles. The first-order chi connectivity index (χ1) is 7.41. The summed E-state index contributed by atoms with van der Waals surface area (Å²) in [5, 5.41) is 8.73. The van der Waals surface area contributed by atoms with Gasteiger partial charge in [-0.1, -0.05) is 6.92 Å². The van der Waals surface area contributed by atoms with Crippen LogP contribution in [-0.2, 0) is 14.8 Å². The molecule has 92 valence electrons. The lowest BCUT2D eigenvalue weighted by Crippen LogP contribution is -2.46. The van der Waals surface area contributed by atoms with Gasteiger partial charge in [-0.3, -0.25) is 4.79 Å². The average Bonchev–Trinajstić information content (AvgIpc) is 2.99. The maximum absolute atomic E-state index is 12.0. The highest BCUT2D eigenvalue weighted by atomic mass is 32.2. The molecule has 0 aromatic carbocycles. The SMILES string of the molecule is CC1CC(C(=O)O)CN(S(=O)(=O)C2CC2)C1. The summed E-state index contributed by atoms with van der Waals surface area (Å²) in [6.07, 6.45) is 2.03. The van der Waals surface area contributed by atoms with Crippen LogP contribution < -0.4 is 0 Å². The van der Waals surface area contributed by atoms with Crippen LogP contribution in [0.2, 0.25) is 0 Å². The molecule has 2 unspecified atom stereocenters. The summed E-state index contributed by atoms with van der Waals surface area (Å²) in [4.78, 5) is 10.9. The summed E-state index contributed by atoms with van der Waals surface area (Å²) in [5.74, 6) is -1.30. The predicted octanol–water partition coefficient (Wildman–Crippen LogP) is 0.521. The molecule has 2 fully saturated rings. The van der Waals surface area contributed by atoms with E-state index in [4.69, 9.17) is 5.11 Å². The number of carboxylic acids is 1. The van der Waals surface area contributed by atoms with Crippen molar-refractivity contribution in [2.45, 2.75) is 31.4 Å². The third-order valence-corrected chi connectivity index (χ3v) is 5.61. The molecule has 1 saturated carbocycles. The second-order valence-electron chi connectivity index (χ2n) is 4.94. The van der Waals surface area contributed by atoms with Crippen LogP contribution in [0.1, 0.15) is 26.2 Å². The molecular weight excluding hydrogens is 230 g/mol. The molecule has 2 aliphatic rings. The highest BCUT2D eigenvalue weighted by Gasteiger charge is 2.43. The van der Waals surface area contributed by atoms with E-state index in [1.807, 2.05) is 6.92 Å². The Hall–Kier alpha value is -0.620. The highest BCUT2D eigenvalue weighted by molar-refractivity contribution is 7.90. The van der Waals surface area contributed by atoms with Crippen molar-refractivity contribution in [3.63, 3.8) is 0 Å². The molecule has 1 aliphatic heterocycles. The van der Waals surface area contributed by atoms with Crippen molar-refractivity contribution >= 4 is 16.0 Å². The number of aliphatic carboxylic acids is 1. The monoisotopic (exact) mass is 247 g/mol. The van der Waals surface area contributed by atoms with Gasteiger partial charge in [-0.2, -0.15) is 0 Å². The van der Waals surface area contributed by atoms with Gasteiger partial charge >= 0.3 is 5.97 Å². The normalized spacial score (nSPS) is 32.6. The van der Waals surface area contributed by atoms with Crippen molar-refractivity contribution in [3.8, 4) is 0 Å². The lowest BCUT2D eigenvalue weighted by Gasteiger charge is -2.33. The minimum Gasteiger partial charge on any atom is -0.481 e. The number of hydrogen-bond acceptors (Lipinski definition) is 3. The number of nitrogens with zero attached hydrogens (tertiary/aromatic N) is 1. The van der Waals surface area contributed by atoms with Gasteiger partial charge in [-0.05, 0) is 25.2 Å². The first-order valence-corrected chi connectivity index (χ1v) is 7.13. The van der Waals surface area contributed by atoms with Gasteiger partial charge in [0.05, 0.1) is 11.2 Å². The molecule has 1 aliphatic carbocycles. The lowest BCUT2D eigenvalue weighted by molar-refractivity contribution is -0.143. The van der Waals surface area contributed by atoms with E-state index in [0.717, 1.165) is 12.8 Å². The molecule has 1 heterocycles. The highest BCUT2D eigenvalue weighted by Crippen LogP contribution is 2.34. The van der Waals surface area contributed by atoms with Crippen LogP contribution in [0, 0.1) is 11.8 Å². The van der Waals surface area contributed by atoms with Crippen molar-refractivity contribution < 1.29 is 18.3 Å². The van der Waals surface area contributed by atoms with Gasteiger partial charge in [-0.25, -0.2) is 12.7 Å². The molecular formula is C10H17NO4S. The molecule has 0 aromatic rings. The Labute approximate surface area is 95.5 Å². The van der Waals surface area contributed by atoms with Gasteiger partial charge in [0.2, 0.25) is 10.0 Å². The topological polar surface area (TPSA) is 74.7 Å². The fourth-order valence-corrected chi connectivity index (χ4v) is 4.27. The molecule has 0 spiro atoms. The lowest BCUT2D eigenvalue weighted by atomic mass is 9.92. The molecule has 6 heteroatoms. The van der Waals surface area contributed by atoms with E-state index in [-0.39, 0.29) is 17.7 Å². The standard InChI is InChI=1S/C10H17NO4S/c1-7-4-8(10(12)13)6-11(5-7)16(14,15)9-2-3-9/h7-9H,2-6H2,1H3,(H,12,13). The van der Waals surface area contributed by atoms with Crippen LogP contribution in [0.3, 0.4) is 0 Å². The number of hydrogen-bond donors (Lipinski definition) is 1. The van der Waals surface area contributed by atoms with Crippen LogP contribution >= 0.6 is 0 Å². The molecule has 0 aromatic heterocycles. The smallest absolute Gasteiger partial charge is 0.307 e. The van der Waals surface area contributed by atoms with Gasteiger partial charge in [0.15, 0.2) is 0 Å². The molecule has 2 atom stereocenters.